The van der Waals surface area contributed by atoms with E-state index in [9.17, 15) is 4.79 Å². The van der Waals surface area contributed by atoms with Crippen LogP contribution in [0.1, 0.15) is 15.9 Å². The van der Waals surface area contributed by atoms with Crippen LogP contribution in [0.2, 0.25) is 10.0 Å². The monoisotopic (exact) mass is 325 g/mol. The number of anilines is 1. The number of benzene rings is 2. The summed E-state index contributed by atoms with van der Waals surface area (Å²) in [5.41, 5.74) is 6.72. The van der Waals surface area contributed by atoms with Crippen LogP contribution in [0, 0.1) is 0 Å². The number of ketones is 1. The molecular weight excluding hydrogens is 313 g/mol. The van der Waals surface area contributed by atoms with Gasteiger partial charge in [0, 0.05) is 16.8 Å². The fourth-order valence-corrected chi connectivity index (χ4v) is 2.33. The van der Waals surface area contributed by atoms with Crippen molar-refractivity contribution in [1.29, 1.82) is 0 Å². The second-order valence-corrected chi connectivity index (χ2v) is 5.05. The number of nitrogen functional groups attached to an aromatic ring is 1. The zero-order valence-corrected chi connectivity index (χ0v) is 13.0. The van der Waals surface area contributed by atoms with Gasteiger partial charge in [0.05, 0.1) is 24.3 Å². The van der Waals surface area contributed by atoms with Crippen LogP contribution in [0.3, 0.4) is 0 Å². The number of hydrogen-bond acceptors (Lipinski definition) is 4. The van der Waals surface area contributed by atoms with E-state index in [4.69, 9.17) is 38.4 Å². The van der Waals surface area contributed by atoms with Crippen molar-refractivity contribution < 1.29 is 14.3 Å². The van der Waals surface area contributed by atoms with Gasteiger partial charge in [0.2, 0.25) is 0 Å². The summed E-state index contributed by atoms with van der Waals surface area (Å²) in [7, 11) is 3.02. The molecule has 0 saturated carbocycles. The molecule has 0 saturated heterocycles. The number of ether oxygens (including phenoxy) is 2. The lowest BCUT2D eigenvalue weighted by molar-refractivity contribution is 0.103. The molecule has 0 aliphatic carbocycles. The van der Waals surface area contributed by atoms with Gasteiger partial charge in [0.15, 0.2) is 17.3 Å². The molecule has 0 aliphatic heterocycles. The molecule has 0 aromatic heterocycles. The van der Waals surface area contributed by atoms with Crippen molar-refractivity contribution in [3.8, 4) is 11.5 Å². The first kappa shape index (κ1) is 15.5. The van der Waals surface area contributed by atoms with Crippen molar-refractivity contribution in [2.45, 2.75) is 0 Å². The second kappa shape index (κ2) is 6.24. The first-order chi connectivity index (χ1) is 9.97. The summed E-state index contributed by atoms with van der Waals surface area (Å²) in [5.74, 6) is 0.690. The van der Waals surface area contributed by atoms with Gasteiger partial charge >= 0.3 is 0 Å². The summed E-state index contributed by atoms with van der Waals surface area (Å²) < 4.78 is 10.3. The number of carbonyl (C=O) groups is 1. The van der Waals surface area contributed by atoms with Gasteiger partial charge in [-0.3, -0.25) is 4.79 Å². The standard InChI is InChI=1S/C15H13Cl2NO3/c1-20-12-4-3-8(5-13(12)21-2)15(19)10-6-9(18)7-11(16)14(10)17/h3-7H,18H2,1-2H3. The molecule has 2 aromatic carbocycles. The Morgan fingerprint density at radius 2 is 1.71 bits per heavy atom. The van der Waals surface area contributed by atoms with Gasteiger partial charge < -0.3 is 15.2 Å². The predicted molar refractivity (Wildman–Crippen MR) is 83.9 cm³/mol. The maximum absolute atomic E-state index is 12.5. The highest BCUT2D eigenvalue weighted by Crippen LogP contribution is 2.33. The normalized spacial score (nSPS) is 10.3. The summed E-state index contributed by atoms with van der Waals surface area (Å²) in [5, 5.41) is 0.408. The SMILES string of the molecule is COc1ccc(C(=O)c2cc(N)cc(Cl)c2Cl)cc1OC. The Kier molecular flexibility index (Phi) is 4.60. The smallest absolute Gasteiger partial charge is 0.194 e. The Morgan fingerprint density at radius 1 is 1.05 bits per heavy atom. The Hall–Kier alpha value is -1.91. The van der Waals surface area contributed by atoms with Gasteiger partial charge in [-0.25, -0.2) is 0 Å². The van der Waals surface area contributed by atoms with Crippen molar-refractivity contribution in [1.82, 2.24) is 0 Å². The highest BCUT2D eigenvalue weighted by molar-refractivity contribution is 6.44. The molecule has 2 rings (SSSR count). The van der Waals surface area contributed by atoms with Crippen molar-refractivity contribution >= 4 is 34.7 Å². The van der Waals surface area contributed by atoms with Gasteiger partial charge in [-0.05, 0) is 30.3 Å². The molecule has 110 valence electrons. The average Bonchev–Trinajstić information content (AvgIpc) is 2.49. The number of methoxy groups -OCH3 is 2. The Morgan fingerprint density at radius 3 is 2.33 bits per heavy atom. The third kappa shape index (κ3) is 3.06. The van der Waals surface area contributed by atoms with Gasteiger partial charge in [0.1, 0.15) is 0 Å². The van der Waals surface area contributed by atoms with Crippen LogP contribution in [-0.2, 0) is 0 Å². The van der Waals surface area contributed by atoms with Crippen LogP contribution < -0.4 is 15.2 Å². The predicted octanol–water partition coefficient (Wildman–Crippen LogP) is 3.82. The molecule has 2 aromatic rings. The molecular formula is C15H13Cl2NO3. The van der Waals surface area contributed by atoms with Crippen LogP contribution >= 0.6 is 23.2 Å². The minimum absolute atomic E-state index is 0.172. The average molecular weight is 326 g/mol. The van der Waals surface area contributed by atoms with Crippen molar-refractivity contribution in [2.75, 3.05) is 20.0 Å². The van der Waals surface area contributed by atoms with E-state index in [0.29, 0.717) is 22.7 Å². The van der Waals surface area contributed by atoms with E-state index in [-0.39, 0.29) is 21.4 Å². The Labute approximate surface area is 132 Å². The molecule has 0 bridgehead atoms. The molecule has 0 aliphatic rings. The van der Waals surface area contributed by atoms with E-state index in [2.05, 4.69) is 0 Å². The number of rotatable bonds is 4. The highest BCUT2D eigenvalue weighted by Gasteiger charge is 2.18. The molecule has 21 heavy (non-hydrogen) atoms. The largest absolute Gasteiger partial charge is 0.493 e. The number of halogens is 2. The number of carbonyl (C=O) groups excluding carboxylic acids is 1. The minimum Gasteiger partial charge on any atom is -0.493 e. The summed E-state index contributed by atoms with van der Waals surface area (Å²) in [6, 6.07) is 7.84. The van der Waals surface area contributed by atoms with Gasteiger partial charge in [-0.15, -0.1) is 0 Å². The third-order valence-electron chi connectivity index (χ3n) is 2.94. The van der Waals surface area contributed by atoms with E-state index in [1.54, 1.807) is 18.2 Å². The van der Waals surface area contributed by atoms with E-state index in [0.717, 1.165) is 0 Å². The lowest BCUT2D eigenvalue weighted by Gasteiger charge is -2.10. The summed E-state index contributed by atoms with van der Waals surface area (Å²) in [6.45, 7) is 0. The van der Waals surface area contributed by atoms with Crippen LogP contribution in [-0.4, -0.2) is 20.0 Å². The van der Waals surface area contributed by atoms with Crippen LogP contribution in [0.4, 0.5) is 5.69 Å². The molecule has 0 heterocycles. The molecule has 0 unspecified atom stereocenters. The van der Waals surface area contributed by atoms with E-state index >= 15 is 0 Å². The first-order valence-corrected chi connectivity index (χ1v) is 6.74. The zero-order chi connectivity index (χ0) is 15.6. The fraction of sp³-hybridized carbons (Fsp3) is 0.133. The topological polar surface area (TPSA) is 61.5 Å². The maximum Gasteiger partial charge on any atom is 0.194 e. The summed E-state index contributed by atoms with van der Waals surface area (Å²) >= 11 is 12.0. The Bertz CT molecular complexity index is 702. The lowest BCUT2D eigenvalue weighted by Crippen LogP contribution is -2.04. The van der Waals surface area contributed by atoms with Crippen molar-refractivity contribution in [3.63, 3.8) is 0 Å². The van der Waals surface area contributed by atoms with Gasteiger partial charge in [0.25, 0.3) is 0 Å². The quantitative estimate of drug-likeness (QED) is 0.685. The molecule has 0 atom stereocenters. The molecule has 0 radical (unpaired) electrons. The number of hydrogen-bond donors (Lipinski definition) is 1. The third-order valence-corrected chi connectivity index (χ3v) is 3.74. The molecule has 4 nitrogen and oxygen atoms in total. The summed E-state index contributed by atoms with van der Waals surface area (Å²) in [4.78, 5) is 12.5. The number of nitrogens with two attached hydrogens (primary N) is 1. The van der Waals surface area contributed by atoms with E-state index < -0.39 is 0 Å². The minimum atomic E-state index is -0.296. The van der Waals surface area contributed by atoms with Gasteiger partial charge in [-0.1, -0.05) is 23.2 Å². The zero-order valence-electron chi connectivity index (χ0n) is 11.4. The molecule has 6 heteroatoms. The lowest BCUT2D eigenvalue weighted by atomic mass is 10.0. The van der Waals surface area contributed by atoms with Crippen LogP contribution in [0.25, 0.3) is 0 Å². The molecule has 0 fully saturated rings. The second-order valence-electron chi connectivity index (χ2n) is 4.26. The van der Waals surface area contributed by atoms with Crippen LogP contribution in [0.5, 0.6) is 11.5 Å². The summed E-state index contributed by atoms with van der Waals surface area (Å²) in [6.07, 6.45) is 0. The van der Waals surface area contributed by atoms with E-state index in [1.165, 1.54) is 26.4 Å². The first-order valence-electron chi connectivity index (χ1n) is 5.99. The van der Waals surface area contributed by atoms with E-state index in [1.807, 2.05) is 0 Å². The maximum atomic E-state index is 12.5. The van der Waals surface area contributed by atoms with Crippen molar-refractivity contribution in [2.24, 2.45) is 0 Å². The van der Waals surface area contributed by atoms with Crippen molar-refractivity contribution in [3.05, 3.63) is 51.5 Å². The fourth-order valence-electron chi connectivity index (χ4n) is 1.91. The highest BCUT2D eigenvalue weighted by atomic mass is 35.5. The van der Waals surface area contributed by atoms with Crippen LogP contribution in [0.15, 0.2) is 30.3 Å². The molecule has 0 spiro atoms. The molecule has 2 N–H and O–H groups in total. The molecule has 0 amide bonds. The van der Waals surface area contributed by atoms with Gasteiger partial charge in [-0.2, -0.15) is 0 Å². The Balaban J connectivity index is 2.50.